The van der Waals surface area contributed by atoms with Crippen LogP contribution in [0.5, 0.6) is 5.75 Å². The summed E-state index contributed by atoms with van der Waals surface area (Å²) in [6, 6.07) is 6.02. The van der Waals surface area contributed by atoms with Gasteiger partial charge in [0.2, 0.25) is 5.91 Å². The van der Waals surface area contributed by atoms with E-state index in [9.17, 15) is 13.6 Å². The molecule has 110 valence electrons. The van der Waals surface area contributed by atoms with Crippen LogP contribution in [-0.2, 0) is 9.53 Å². The monoisotopic (exact) mass is 286 g/mol. The number of alkyl halides is 2. The zero-order valence-electron chi connectivity index (χ0n) is 10.9. The maximum absolute atomic E-state index is 12.0. The molecule has 0 aliphatic carbocycles. The summed E-state index contributed by atoms with van der Waals surface area (Å²) in [5.74, 6) is 0.0752. The van der Waals surface area contributed by atoms with Gasteiger partial charge in [-0.3, -0.25) is 4.79 Å². The molecule has 0 atom stereocenters. The zero-order valence-corrected chi connectivity index (χ0v) is 10.9. The summed E-state index contributed by atoms with van der Waals surface area (Å²) < 4.78 is 33.4. The van der Waals surface area contributed by atoms with Crippen molar-refractivity contribution in [2.24, 2.45) is 0 Å². The van der Waals surface area contributed by atoms with Crippen LogP contribution in [0.4, 0.5) is 14.5 Å². The molecule has 20 heavy (non-hydrogen) atoms. The molecular weight excluding hydrogens is 270 g/mol. The molecule has 0 spiro atoms. The molecule has 1 saturated heterocycles. The number of rotatable bonds is 5. The van der Waals surface area contributed by atoms with Gasteiger partial charge in [-0.2, -0.15) is 8.78 Å². The van der Waals surface area contributed by atoms with Gasteiger partial charge in [-0.05, 0) is 24.3 Å². The first-order chi connectivity index (χ1) is 9.65. The number of anilines is 1. The van der Waals surface area contributed by atoms with Crippen LogP contribution in [0.15, 0.2) is 24.3 Å². The van der Waals surface area contributed by atoms with Crippen LogP contribution in [-0.4, -0.2) is 50.3 Å². The molecule has 5 nitrogen and oxygen atoms in total. The van der Waals surface area contributed by atoms with E-state index in [0.717, 1.165) is 0 Å². The van der Waals surface area contributed by atoms with Gasteiger partial charge in [0, 0.05) is 18.8 Å². The number of carbonyl (C=O) groups excluding carboxylic acids is 1. The lowest BCUT2D eigenvalue weighted by Gasteiger charge is -2.27. The number of carbonyl (C=O) groups is 1. The van der Waals surface area contributed by atoms with Gasteiger partial charge in [0.1, 0.15) is 5.75 Å². The van der Waals surface area contributed by atoms with Crippen LogP contribution < -0.4 is 10.1 Å². The van der Waals surface area contributed by atoms with Crippen molar-refractivity contribution < 1.29 is 23.0 Å². The lowest BCUT2D eigenvalue weighted by molar-refractivity contribution is -0.133. The fraction of sp³-hybridized carbons (Fsp3) is 0.462. The Hall–Kier alpha value is -1.89. The Morgan fingerprint density at radius 2 is 1.95 bits per heavy atom. The predicted molar refractivity (Wildman–Crippen MR) is 69.0 cm³/mol. The first kappa shape index (κ1) is 14.5. The van der Waals surface area contributed by atoms with E-state index in [-0.39, 0.29) is 18.2 Å². The third-order valence-corrected chi connectivity index (χ3v) is 2.89. The first-order valence-electron chi connectivity index (χ1n) is 6.29. The number of morpholine rings is 1. The Morgan fingerprint density at radius 3 is 2.55 bits per heavy atom. The van der Waals surface area contributed by atoms with Crippen molar-refractivity contribution >= 4 is 11.6 Å². The Balaban J connectivity index is 1.79. The molecule has 0 radical (unpaired) electrons. The van der Waals surface area contributed by atoms with Crippen molar-refractivity contribution in [3.05, 3.63) is 24.3 Å². The first-order valence-corrected chi connectivity index (χ1v) is 6.29. The Bertz CT molecular complexity index is 434. The van der Waals surface area contributed by atoms with Crippen molar-refractivity contribution in [2.75, 3.05) is 38.2 Å². The lowest BCUT2D eigenvalue weighted by Crippen LogP contribution is -2.43. The number of halogens is 2. The van der Waals surface area contributed by atoms with Crippen LogP contribution in [0, 0.1) is 0 Å². The molecule has 1 aromatic rings. The topological polar surface area (TPSA) is 50.8 Å². The molecule has 0 unspecified atom stereocenters. The molecule has 1 aliphatic heterocycles. The summed E-state index contributed by atoms with van der Waals surface area (Å²) in [6.45, 7) is -0.355. The number of nitrogens with one attached hydrogen (secondary N) is 1. The van der Waals surface area contributed by atoms with E-state index >= 15 is 0 Å². The minimum atomic E-state index is -2.84. The van der Waals surface area contributed by atoms with Gasteiger partial charge in [0.05, 0.1) is 19.8 Å². The highest BCUT2D eigenvalue weighted by Gasteiger charge is 2.16. The molecule has 2 rings (SSSR count). The highest BCUT2D eigenvalue weighted by atomic mass is 19.3. The van der Waals surface area contributed by atoms with E-state index in [0.29, 0.717) is 32.0 Å². The number of ether oxygens (including phenoxy) is 2. The van der Waals surface area contributed by atoms with Gasteiger partial charge in [-0.25, -0.2) is 0 Å². The molecule has 0 bridgehead atoms. The molecule has 1 aliphatic rings. The largest absolute Gasteiger partial charge is 0.435 e. The fourth-order valence-electron chi connectivity index (χ4n) is 1.86. The minimum absolute atomic E-state index is 0.0128. The van der Waals surface area contributed by atoms with Crippen molar-refractivity contribution in [1.82, 2.24) is 4.90 Å². The van der Waals surface area contributed by atoms with E-state index in [1.165, 1.54) is 12.1 Å². The summed E-state index contributed by atoms with van der Waals surface area (Å²) >= 11 is 0. The van der Waals surface area contributed by atoms with Crippen molar-refractivity contribution in [2.45, 2.75) is 6.61 Å². The highest BCUT2D eigenvalue weighted by Crippen LogP contribution is 2.17. The van der Waals surface area contributed by atoms with E-state index in [1.54, 1.807) is 17.0 Å². The van der Waals surface area contributed by atoms with Crippen LogP contribution in [0.1, 0.15) is 0 Å². The number of amides is 1. The summed E-state index contributed by atoms with van der Waals surface area (Å²) in [5.41, 5.74) is 0.674. The van der Waals surface area contributed by atoms with Crippen molar-refractivity contribution in [1.29, 1.82) is 0 Å². The fourth-order valence-corrected chi connectivity index (χ4v) is 1.86. The average molecular weight is 286 g/mol. The maximum Gasteiger partial charge on any atom is 0.387 e. The second-order valence-electron chi connectivity index (χ2n) is 4.25. The number of hydrogen-bond acceptors (Lipinski definition) is 4. The van der Waals surface area contributed by atoms with E-state index in [1.807, 2.05) is 0 Å². The third kappa shape index (κ3) is 4.34. The van der Waals surface area contributed by atoms with E-state index in [4.69, 9.17) is 4.74 Å². The second-order valence-corrected chi connectivity index (χ2v) is 4.25. The molecule has 1 aromatic carbocycles. The Labute approximate surface area is 115 Å². The van der Waals surface area contributed by atoms with Gasteiger partial charge < -0.3 is 19.7 Å². The average Bonchev–Trinajstić information content (AvgIpc) is 2.46. The highest BCUT2D eigenvalue weighted by molar-refractivity contribution is 5.81. The Morgan fingerprint density at radius 1 is 1.30 bits per heavy atom. The Kier molecular flexibility index (Phi) is 5.11. The van der Waals surface area contributed by atoms with Gasteiger partial charge >= 0.3 is 6.61 Å². The van der Waals surface area contributed by atoms with Crippen LogP contribution in [0.25, 0.3) is 0 Å². The molecule has 1 fully saturated rings. The smallest absolute Gasteiger partial charge is 0.387 e. The number of hydrogen-bond donors (Lipinski definition) is 1. The molecule has 1 heterocycles. The van der Waals surface area contributed by atoms with Gasteiger partial charge in [0.25, 0.3) is 0 Å². The SMILES string of the molecule is O=C(CNc1ccc(OC(F)F)cc1)N1CCOCC1. The van der Waals surface area contributed by atoms with E-state index < -0.39 is 6.61 Å². The summed E-state index contributed by atoms with van der Waals surface area (Å²) in [4.78, 5) is 13.6. The van der Waals surface area contributed by atoms with Crippen molar-refractivity contribution in [3.8, 4) is 5.75 Å². The molecule has 0 saturated carbocycles. The number of nitrogens with zero attached hydrogens (tertiary/aromatic N) is 1. The standard InChI is InChI=1S/C13H16F2N2O3/c14-13(15)20-11-3-1-10(2-4-11)16-9-12(18)17-5-7-19-8-6-17/h1-4,13,16H,5-9H2. The summed E-state index contributed by atoms with van der Waals surface area (Å²) in [5, 5.41) is 2.95. The van der Waals surface area contributed by atoms with Crippen molar-refractivity contribution in [3.63, 3.8) is 0 Å². The molecule has 1 N–H and O–H groups in total. The van der Waals surface area contributed by atoms with Gasteiger partial charge in [-0.15, -0.1) is 0 Å². The number of benzene rings is 1. The second kappa shape index (κ2) is 7.04. The van der Waals surface area contributed by atoms with Crippen LogP contribution in [0.3, 0.4) is 0 Å². The van der Waals surface area contributed by atoms with Gasteiger partial charge in [-0.1, -0.05) is 0 Å². The maximum atomic E-state index is 12.0. The lowest BCUT2D eigenvalue weighted by atomic mass is 10.3. The summed E-state index contributed by atoms with van der Waals surface area (Å²) in [7, 11) is 0. The summed E-state index contributed by atoms with van der Waals surface area (Å²) in [6.07, 6.45) is 0. The molecular formula is C13H16F2N2O3. The van der Waals surface area contributed by atoms with E-state index in [2.05, 4.69) is 10.1 Å². The normalized spacial score (nSPS) is 15.2. The van der Waals surface area contributed by atoms with Gasteiger partial charge in [0.15, 0.2) is 0 Å². The molecule has 0 aromatic heterocycles. The quantitative estimate of drug-likeness (QED) is 0.892. The van der Waals surface area contributed by atoms with Crippen LogP contribution in [0.2, 0.25) is 0 Å². The zero-order chi connectivity index (χ0) is 14.4. The minimum Gasteiger partial charge on any atom is -0.435 e. The van der Waals surface area contributed by atoms with Crippen LogP contribution >= 0.6 is 0 Å². The third-order valence-electron chi connectivity index (χ3n) is 2.89. The molecule has 7 heteroatoms. The molecule has 1 amide bonds. The predicted octanol–water partition coefficient (Wildman–Crippen LogP) is 1.56.